The monoisotopic (exact) mass is 442 g/mol. The molecular formula is C28H28OP2. The molecule has 0 fully saturated rings. The van der Waals surface area contributed by atoms with Gasteiger partial charge in [-0.15, -0.1) is 0 Å². The highest BCUT2D eigenvalue weighted by Gasteiger charge is 2.40. The predicted octanol–water partition coefficient (Wildman–Crippen LogP) is 5.91. The molecule has 0 aromatic heterocycles. The minimum absolute atomic E-state index is 0.0103. The van der Waals surface area contributed by atoms with E-state index in [9.17, 15) is 4.57 Å². The van der Waals surface area contributed by atoms with Gasteiger partial charge in [-0.1, -0.05) is 135 Å². The third-order valence-electron chi connectivity index (χ3n) is 6.03. The van der Waals surface area contributed by atoms with E-state index in [2.05, 4.69) is 74.5 Å². The first kappa shape index (κ1) is 21.8. The van der Waals surface area contributed by atoms with Crippen molar-refractivity contribution in [3.8, 4) is 0 Å². The zero-order chi connectivity index (χ0) is 21.7. The summed E-state index contributed by atoms with van der Waals surface area (Å²) in [5.74, 6) is 0. The fourth-order valence-electron chi connectivity index (χ4n) is 4.23. The van der Waals surface area contributed by atoms with Crippen LogP contribution in [0.15, 0.2) is 121 Å². The van der Waals surface area contributed by atoms with Gasteiger partial charge in [0.25, 0.3) is 0 Å². The molecule has 0 saturated carbocycles. The smallest absolute Gasteiger partial charge is 0.146 e. The van der Waals surface area contributed by atoms with E-state index in [4.69, 9.17) is 0 Å². The summed E-state index contributed by atoms with van der Waals surface area (Å²) in [5.41, 5.74) is 0.217. The molecule has 0 radical (unpaired) electrons. The second kappa shape index (κ2) is 9.78. The molecule has 156 valence electrons. The lowest BCUT2D eigenvalue weighted by Crippen LogP contribution is -2.34. The molecule has 0 spiro atoms. The third-order valence-corrected chi connectivity index (χ3v) is 13.0. The molecule has 1 nitrogen and oxygen atoms in total. The molecule has 0 unspecified atom stereocenters. The predicted molar refractivity (Wildman–Crippen MR) is 138 cm³/mol. The van der Waals surface area contributed by atoms with Crippen molar-refractivity contribution >= 4 is 36.3 Å². The van der Waals surface area contributed by atoms with Gasteiger partial charge in [-0.25, -0.2) is 0 Å². The van der Waals surface area contributed by atoms with Crippen LogP contribution in [0.2, 0.25) is 0 Å². The van der Waals surface area contributed by atoms with Crippen LogP contribution in [0, 0.1) is 0 Å². The molecule has 0 aliphatic rings. The zero-order valence-electron chi connectivity index (χ0n) is 18.0. The van der Waals surface area contributed by atoms with Crippen molar-refractivity contribution in [2.45, 2.75) is 25.2 Å². The molecule has 0 saturated heterocycles. The van der Waals surface area contributed by atoms with E-state index in [1.807, 2.05) is 60.7 Å². The summed E-state index contributed by atoms with van der Waals surface area (Å²) in [6, 6.07) is 41.6. The van der Waals surface area contributed by atoms with E-state index >= 15 is 0 Å². The Morgan fingerprint density at radius 1 is 0.548 bits per heavy atom. The van der Waals surface area contributed by atoms with E-state index in [1.165, 1.54) is 10.6 Å². The fraction of sp³-hybridized carbons (Fsp3) is 0.143. The minimum Gasteiger partial charge on any atom is -0.313 e. The third kappa shape index (κ3) is 4.45. The first-order valence-corrected chi connectivity index (χ1v) is 13.9. The molecule has 0 amide bonds. The summed E-state index contributed by atoms with van der Waals surface area (Å²) in [6.45, 7) is 4.47. The molecule has 31 heavy (non-hydrogen) atoms. The first-order valence-electron chi connectivity index (χ1n) is 10.7. The van der Waals surface area contributed by atoms with Crippen LogP contribution < -0.4 is 21.2 Å². The van der Waals surface area contributed by atoms with Crippen LogP contribution in [-0.4, -0.2) is 11.3 Å². The molecule has 0 N–H and O–H groups in total. The number of hydrogen-bond donors (Lipinski definition) is 0. The van der Waals surface area contributed by atoms with Gasteiger partial charge >= 0.3 is 0 Å². The van der Waals surface area contributed by atoms with Crippen LogP contribution in [0.25, 0.3) is 0 Å². The average molecular weight is 442 g/mol. The highest BCUT2D eigenvalue weighted by molar-refractivity contribution is 7.81. The van der Waals surface area contributed by atoms with Crippen LogP contribution in [-0.2, 0) is 4.57 Å². The van der Waals surface area contributed by atoms with Gasteiger partial charge in [0.2, 0.25) is 0 Å². The standard InChI is InChI=1S/C28H28OP2/c1-23(30(25-15-7-3-8-16-25)26-17-9-4-10-18-26)24(2)31(29,27-19-11-5-12-20-27)28-21-13-6-14-22-28/h3-24H,1-2H3/t23-,24-/m0/s1. The van der Waals surface area contributed by atoms with E-state index in [1.54, 1.807) is 0 Å². The van der Waals surface area contributed by atoms with Gasteiger partial charge < -0.3 is 4.57 Å². The lowest BCUT2D eigenvalue weighted by atomic mass is 10.3. The van der Waals surface area contributed by atoms with Crippen molar-refractivity contribution in [3.05, 3.63) is 121 Å². The maximum absolute atomic E-state index is 14.9. The fourth-order valence-corrected chi connectivity index (χ4v) is 10.9. The number of rotatable bonds is 7. The summed E-state index contributed by atoms with van der Waals surface area (Å²) in [5, 5.41) is 4.54. The quantitative estimate of drug-likeness (QED) is 0.325. The Bertz CT molecular complexity index is 1050. The SMILES string of the molecule is C[C@@H]([C@H](C)P(=O)(c1ccccc1)c1ccccc1)P(c1ccccc1)c1ccccc1. The van der Waals surface area contributed by atoms with E-state index in [0.29, 0.717) is 0 Å². The molecule has 2 atom stereocenters. The second-order valence-electron chi connectivity index (χ2n) is 7.85. The van der Waals surface area contributed by atoms with Gasteiger partial charge in [-0.3, -0.25) is 0 Å². The molecule has 0 aliphatic heterocycles. The molecule has 0 aliphatic carbocycles. The van der Waals surface area contributed by atoms with Crippen molar-refractivity contribution in [2.24, 2.45) is 0 Å². The van der Waals surface area contributed by atoms with Gasteiger partial charge in [0.1, 0.15) is 7.14 Å². The van der Waals surface area contributed by atoms with Crippen LogP contribution in [0.4, 0.5) is 0 Å². The highest BCUT2D eigenvalue weighted by Crippen LogP contribution is 2.56. The maximum Gasteiger partial charge on any atom is 0.146 e. The van der Waals surface area contributed by atoms with Gasteiger partial charge in [0, 0.05) is 16.3 Å². The number of hydrogen-bond acceptors (Lipinski definition) is 1. The summed E-state index contributed by atoms with van der Waals surface area (Å²) in [6.07, 6.45) is 0. The topological polar surface area (TPSA) is 17.1 Å². The van der Waals surface area contributed by atoms with Crippen molar-refractivity contribution in [3.63, 3.8) is 0 Å². The molecular weight excluding hydrogens is 414 g/mol. The maximum atomic E-state index is 14.9. The molecule has 0 heterocycles. The van der Waals surface area contributed by atoms with Gasteiger partial charge in [-0.2, -0.15) is 0 Å². The van der Waals surface area contributed by atoms with Gasteiger partial charge in [-0.05, 0) is 24.2 Å². The van der Waals surface area contributed by atoms with E-state index < -0.39 is 15.1 Å². The molecule has 0 bridgehead atoms. The van der Waals surface area contributed by atoms with E-state index in [0.717, 1.165) is 10.6 Å². The summed E-state index contributed by atoms with van der Waals surface area (Å²) in [4.78, 5) is 0. The van der Waals surface area contributed by atoms with Crippen molar-refractivity contribution in [1.29, 1.82) is 0 Å². The zero-order valence-corrected chi connectivity index (χ0v) is 19.8. The Balaban J connectivity index is 1.84. The normalized spacial score (nSPS) is 13.6. The van der Waals surface area contributed by atoms with Gasteiger partial charge in [0.05, 0.1) is 0 Å². The lowest BCUT2D eigenvalue weighted by molar-refractivity contribution is 0.578. The van der Waals surface area contributed by atoms with Crippen LogP contribution in [0.1, 0.15) is 13.8 Å². The summed E-state index contributed by atoms with van der Waals surface area (Å²) >= 11 is 0. The molecule has 4 aromatic rings. The van der Waals surface area contributed by atoms with E-state index in [-0.39, 0.29) is 11.3 Å². The molecule has 3 heteroatoms. The lowest BCUT2D eigenvalue weighted by Gasteiger charge is -2.35. The van der Waals surface area contributed by atoms with Crippen molar-refractivity contribution < 1.29 is 4.57 Å². The van der Waals surface area contributed by atoms with Crippen LogP contribution in [0.5, 0.6) is 0 Å². The summed E-state index contributed by atoms with van der Waals surface area (Å²) < 4.78 is 14.9. The second-order valence-corrected chi connectivity index (χ2v) is 13.6. The first-order chi connectivity index (χ1) is 15.1. The molecule has 4 rings (SSSR count). The Morgan fingerprint density at radius 2 is 0.871 bits per heavy atom. The minimum atomic E-state index is -2.85. The Labute approximate surface area is 187 Å². The average Bonchev–Trinajstić information content (AvgIpc) is 2.85. The Morgan fingerprint density at radius 3 is 1.23 bits per heavy atom. The molecule has 4 aromatic carbocycles. The Hall–Kier alpha value is -2.46. The Kier molecular flexibility index (Phi) is 6.86. The highest BCUT2D eigenvalue weighted by atomic mass is 31.2. The largest absolute Gasteiger partial charge is 0.313 e. The van der Waals surface area contributed by atoms with Gasteiger partial charge in [0.15, 0.2) is 0 Å². The van der Waals surface area contributed by atoms with Crippen molar-refractivity contribution in [2.75, 3.05) is 0 Å². The van der Waals surface area contributed by atoms with Crippen LogP contribution >= 0.6 is 15.1 Å². The summed E-state index contributed by atoms with van der Waals surface area (Å²) in [7, 11) is -3.52. The van der Waals surface area contributed by atoms with Crippen LogP contribution in [0.3, 0.4) is 0 Å². The number of benzene rings is 4. The van der Waals surface area contributed by atoms with Crippen molar-refractivity contribution in [1.82, 2.24) is 0 Å².